The van der Waals surface area contributed by atoms with E-state index in [-0.39, 0.29) is 0 Å². The molecule has 5 nitrogen and oxygen atoms in total. The van der Waals surface area contributed by atoms with Crippen molar-refractivity contribution in [1.82, 2.24) is 0 Å². The van der Waals surface area contributed by atoms with E-state index in [9.17, 15) is 0 Å². The van der Waals surface area contributed by atoms with Crippen molar-refractivity contribution in [3.05, 3.63) is 65.2 Å². The van der Waals surface area contributed by atoms with Gasteiger partial charge in [-0.05, 0) is 101 Å². The van der Waals surface area contributed by atoms with Crippen molar-refractivity contribution in [2.45, 2.75) is 59.8 Å². The predicted molar refractivity (Wildman–Crippen MR) is 136 cm³/mol. The van der Waals surface area contributed by atoms with Gasteiger partial charge >= 0.3 is 0 Å². The first kappa shape index (κ1) is 26.3. The molecule has 0 aliphatic carbocycles. The van der Waals surface area contributed by atoms with Gasteiger partial charge in [-0.3, -0.25) is 0 Å². The van der Waals surface area contributed by atoms with Gasteiger partial charge in [0, 0.05) is 0 Å². The Labute approximate surface area is 199 Å². The number of ether oxygens (including phenoxy) is 3. The average Bonchev–Trinajstić information content (AvgIpc) is 2.79. The lowest BCUT2D eigenvalue weighted by Gasteiger charge is -2.14. The van der Waals surface area contributed by atoms with Crippen molar-refractivity contribution < 1.29 is 19.0 Å². The van der Waals surface area contributed by atoms with Crippen LogP contribution in [0.5, 0.6) is 17.2 Å². The van der Waals surface area contributed by atoms with Crippen LogP contribution < -0.4 is 14.2 Å². The number of unbranched alkanes of at least 4 members (excludes halogenated alkanes) is 2. The maximum atomic E-state index is 6.06. The summed E-state index contributed by atoms with van der Waals surface area (Å²) in [6.45, 7) is 10.1. The van der Waals surface area contributed by atoms with Gasteiger partial charge in [0.15, 0.2) is 0 Å². The molecule has 0 fully saturated rings. The Hall–Kier alpha value is -2.95. The molecule has 0 aromatic heterocycles. The SMILES string of the molecule is C/C=C/COc1cc(C)c(OCCCCCOc2cccc(CC/C(C)=N/OC)c2)c(C)c1. The smallest absolute Gasteiger partial charge is 0.125 e. The average molecular weight is 454 g/mol. The molecule has 0 bridgehead atoms. The Morgan fingerprint density at radius 2 is 1.64 bits per heavy atom. The lowest BCUT2D eigenvalue weighted by Crippen LogP contribution is -2.03. The van der Waals surface area contributed by atoms with E-state index >= 15 is 0 Å². The maximum absolute atomic E-state index is 6.06. The standard InChI is InChI=1S/C28H39NO4/c1-6-7-16-32-27-19-22(2)28(23(3)20-27)33-18-10-8-9-17-31-26-13-11-12-25(21-26)15-14-24(4)29-30-5/h6-7,11-13,19-21H,8-10,14-18H2,1-5H3/b7-6+,29-24+. The molecule has 0 unspecified atom stereocenters. The highest BCUT2D eigenvalue weighted by molar-refractivity contribution is 5.81. The Morgan fingerprint density at radius 1 is 0.909 bits per heavy atom. The molecule has 2 aromatic carbocycles. The van der Waals surface area contributed by atoms with Gasteiger partial charge in [-0.2, -0.15) is 0 Å². The van der Waals surface area contributed by atoms with Crippen LogP contribution in [0.25, 0.3) is 0 Å². The van der Waals surface area contributed by atoms with Crippen molar-refractivity contribution in [2.75, 3.05) is 26.9 Å². The van der Waals surface area contributed by atoms with Crippen molar-refractivity contribution in [1.29, 1.82) is 0 Å². The molecule has 0 atom stereocenters. The first-order chi connectivity index (χ1) is 16.0. The topological polar surface area (TPSA) is 49.3 Å². The number of nitrogens with zero attached hydrogens (tertiary/aromatic N) is 1. The molecule has 0 saturated heterocycles. The summed E-state index contributed by atoms with van der Waals surface area (Å²) in [6, 6.07) is 12.4. The van der Waals surface area contributed by atoms with Gasteiger partial charge in [-0.1, -0.05) is 29.4 Å². The zero-order valence-electron chi connectivity index (χ0n) is 20.9. The van der Waals surface area contributed by atoms with Gasteiger partial charge in [0.05, 0.1) is 18.9 Å². The first-order valence-electron chi connectivity index (χ1n) is 11.8. The van der Waals surface area contributed by atoms with Gasteiger partial charge < -0.3 is 19.0 Å². The largest absolute Gasteiger partial charge is 0.494 e. The molecule has 0 heterocycles. The van der Waals surface area contributed by atoms with Crippen molar-refractivity contribution in [3.8, 4) is 17.2 Å². The molecule has 0 radical (unpaired) electrons. The molecule has 0 saturated carbocycles. The van der Waals surface area contributed by atoms with Crippen LogP contribution in [-0.4, -0.2) is 32.6 Å². The monoisotopic (exact) mass is 453 g/mol. The lowest BCUT2D eigenvalue weighted by atomic mass is 10.1. The first-order valence-corrected chi connectivity index (χ1v) is 11.8. The zero-order chi connectivity index (χ0) is 23.9. The van der Waals surface area contributed by atoms with Crippen LogP contribution in [0.2, 0.25) is 0 Å². The highest BCUT2D eigenvalue weighted by Gasteiger charge is 2.07. The molecule has 0 spiro atoms. The van der Waals surface area contributed by atoms with Gasteiger partial charge in [0.1, 0.15) is 31.0 Å². The fraction of sp³-hybridized carbons (Fsp3) is 0.464. The summed E-state index contributed by atoms with van der Waals surface area (Å²) < 4.78 is 17.8. The van der Waals surface area contributed by atoms with Gasteiger partial charge in [0.2, 0.25) is 0 Å². The van der Waals surface area contributed by atoms with Crippen molar-refractivity contribution in [3.63, 3.8) is 0 Å². The highest BCUT2D eigenvalue weighted by atomic mass is 16.6. The molecule has 0 amide bonds. The fourth-order valence-electron chi connectivity index (χ4n) is 3.52. The Morgan fingerprint density at radius 3 is 2.33 bits per heavy atom. The molecule has 180 valence electrons. The molecule has 0 aliphatic heterocycles. The Bertz CT molecular complexity index is 882. The van der Waals surface area contributed by atoms with Crippen LogP contribution in [0.1, 0.15) is 56.2 Å². The summed E-state index contributed by atoms with van der Waals surface area (Å²) in [5.74, 6) is 2.77. The number of rotatable bonds is 15. The van der Waals surface area contributed by atoms with Crippen LogP contribution in [0.15, 0.2) is 53.7 Å². The van der Waals surface area contributed by atoms with E-state index in [2.05, 4.69) is 31.1 Å². The van der Waals surface area contributed by atoms with Gasteiger partial charge in [0.25, 0.3) is 0 Å². The van der Waals surface area contributed by atoms with E-state index in [0.717, 1.165) is 66.2 Å². The number of hydrogen-bond donors (Lipinski definition) is 0. The van der Waals surface area contributed by atoms with E-state index in [1.807, 2.05) is 50.3 Å². The second-order valence-corrected chi connectivity index (χ2v) is 8.18. The normalized spacial score (nSPS) is 11.6. The number of benzene rings is 2. The molecule has 0 N–H and O–H groups in total. The number of allylic oxidation sites excluding steroid dienone is 1. The highest BCUT2D eigenvalue weighted by Crippen LogP contribution is 2.28. The minimum absolute atomic E-state index is 0.588. The van der Waals surface area contributed by atoms with Crippen LogP contribution in [0.4, 0.5) is 0 Å². The number of oxime groups is 1. The minimum Gasteiger partial charge on any atom is -0.494 e. The fourth-order valence-corrected chi connectivity index (χ4v) is 3.52. The van der Waals surface area contributed by atoms with Gasteiger partial charge in [-0.15, -0.1) is 0 Å². The van der Waals surface area contributed by atoms with Crippen LogP contribution in [0.3, 0.4) is 0 Å². The third kappa shape index (κ3) is 10.0. The molecule has 5 heteroatoms. The zero-order valence-corrected chi connectivity index (χ0v) is 20.9. The van der Waals surface area contributed by atoms with E-state index in [4.69, 9.17) is 19.0 Å². The molecular weight excluding hydrogens is 414 g/mol. The van der Waals surface area contributed by atoms with Crippen molar-refractivity contribution in [2.24, 2.45) is 5.16 Å². The van der Waals surface area contributed by atoms with Crippen LogP contribution >= 0.6 is 0 Å². The second-order valence-electron chi connectivity index (χ2n) is 8.18. The molecule has 2 rings (SSSR count). The summed E-state index contributed by atoms with van der Waals surface area (Å²) in [5.41, 5.74) is 4.45. The molecule has 0 aliphatic rings. The number of hydrogen-bond acceptors (Lipinski definition) is 5. The van der Waals surface area contributed by atoms with E-state index in [1.54, 1.807) is 7.11 Å². The minimum atomic E-state index is 0.588. The Balaban J connectivity index is 1.66. The van der Waals surface area contributed by atoms with E-state index in [0.29, 0.717) is 19.8 Å². The number of aryl methyl sites for hydroxylation is 3. The summed E-state index contributed by atoms with van der Waals surface area (Å²) >= 11 is 0. The summed E-state index contributed by atoms with van der Waals surface area (Å²) in [7, 11) is 1.58. The van der Waals surface area contributed by atoms with E-state index < -0.39 is 0 Å². The summed E-state index contributed by atoms with van der Waals surface area (Å²) in [6.07, 6.45) is 8.85. The van der Waals surface area contributed by atoms with Crippen molar-refractivity contribution >= 4 is 5.71 Å². The third-order valence-corrected chi connectivity index (χ3v) is 5.24. The maximum Gasteiger partial charge on any atom is 0.125 e. The second kappa shape index (κ2) is 15.0. The summed E-state index contributed by atoms with van der Waals surface area (Å²) in [5, 5.41) is 3.96. The summed E-state index contributed by atoms with van der Waals surface area (Å²) in [4.78, 5) is 4.81. The Kier molecular flexibility index (Phi) is 11.9. The van der Waals surface area contributed by atoms with Gasteiger partial charge in [-0.25, -0.2) is 0 Å². The van der Waals surface area contributed by atoms with Crippen LogP contribution in [0, 0.1) is 13.8 Å². The molecule has 2 aromatic rings. The quantitative estimate of drug-likeness (QED) is 0.128. The molecular formula is C28H39NO4. The van der Waals surface area contributed by atoms with E-state index in [1.165, 1.54) is 5.56 Å². The molecule has 33 heavy (non-hydrogen) atoms. The van der Waals surface area contributed by atoms with Crippen LogP contribution in [-0.2, 0) is 11.3 Å². The predicted octanol–water partition coefficient (Wildman–Crippen LogP) is 6.84. The third-order valence-electron chi connectivity index (χ3n) is 5.24. The lowest BCUT2D eigenvalue weighted by molar-refractivity contribution is 0.212.